The Balaban J connectivity index is 1.26. The zero-order valence-electron chi connectivity index (χ0n) is 21.3. The highest BCUT2D eigenvalue weighted by Crippen LogP contribution is 2.32. The zero-order valence-corrected chi connectivity index (χ0v) is 22.2. The molecule has 2 aliphatic heterocycles. The lowest BCUT2D eigenvalue weighted by atomic mass is 9.89. The topological polar surface area (TPSA) is 123 Å². The fourth-order valence-corrected chi connectivity index (χ4v) is 6.39. The number of nitrogens with one attached hydrogen (secondary N) is 5. The molecule has 1 saturated carbocycles. The van der Waals surface area contributed by atoms with Crippen molar-refractivity contribution in [1.29, 1.82) is 5.41 Å². The predicted octanol–water partition coefficient (Wildman–Crippen LogP) is 3.08. The Kier molecular flexibility index (Phi) is 8.30. The van der Waals surface area contributed by atoms with Crippen molar-refractivity contribution in [1.82, 2.24) is 29.9 Å². The molecule has 10 nitrogen and oxygen atoms in total. The molecular weight excluding hydrogens is 474 g/mol. The Morgan fingerprint density at radius 1 is 1.14 bits per heavy atom. The van der Waals surface area contributed by atoms with Crippen LogP contribution >= 0.6 is 11.5 Å². The fourth-order valence-electron chi connectivity index (χ4n) is 5.61. The number of hydrogen-bond acceptors (Lipinski definition) is 11. The molecule has 5 N–H and O–H groups in total. The highest BCUT2D eigenvalue weighted by molar-refractivity contribution is 7.13. The molecule has 0 spiro atoms. The van der Waals surface area contributed by atoms with Gasteiger partial charge in [-0.3, -0.25) is 4.90 Å². The van der Waals surface area contributed by atoms with Gasteiger partial charge in [-0.05, 0) is 63.9 Å². The van der Waals surface area contributed by atoms with Crippen molar-refractivity contribution >= 4 is 39.7 Å². The molecule has 36 heavy (non-hydrogen) atoms. The minimum absolute atomic E-state index is 0.361. The molecular formula is C25H39N9OS. The second-order valence-electron chi connectivity index (χ2n) is 10.2. The number of fused-ring (bicyclic) bond motifs is 1. The second-order valence-corrected chi connectivity index (χ2v) is 11.0. The third-order valence-electron chi connectivity index (χ3n) is 7.67. The smallest absolute Gasteiger partial charge is 0.230 e. The van der Waals surface area contributed by atoms with Crippen molar-refractivity contribution < 1.29 is 4.74 Å². The summed E-state index contributed by atoms with van der Waals surface area (Å²) in [5, 5.41) is 22.7. The van der Waals surface area contributed by atoms with E-state index in [1.54, 1.807) is 0 Å². The summed E-state index contributed by atoms with van der Waals surface area (Å²) >= 11 is 1.39. The number of allylic oxidation sites excluding steroid dienone is 1. The number of aryl methyl sites for hydroxylation is 1. The van der Waals surface area contributed by atoms with Crippen LogP contribution in [-0.4, -0.2) is 82.5 Å². The minimum Gasteiger partial charge on any atom is -0.386 e. The van der Waals surface area contributed by atoms with Gasteiger partial charge in [-0.15, -0.1) is 0 Å². The van der Waals surface area contributed by atoms with Gasteiger partial charge < -0.3 is 31.4 Å². The first-order valence-corrected chi connectivity index (χ1v) is 14.1. The maximum Gasteiger partial charge on any atom is 0.230 e. The zero-order chi connectivity index (χ0) is 24.9. The molecule has 3 aliphatic rings. The molecule has 4 heterocycles. The fraction of sp³-hybridized carbons (Fsp3) is 0.680. The highest BCUT2D eigenvalue weighted by atomic mass is 32.1. The van der Waals surface area contributed by atoms with Crippen molar-refractivity contribution in [3.8, 4) is 0 Å². The third kappa shape index (κ3) is 5.96. The van der Waals surface area contributed by atoms with Gasteiger partial charge in [0.05, 0.1) is 16.8 Å². The van der Waals surface area contributed by atoms with E-state index in [0.29, 0.717) is 35.8 Å². The average Bonchev–Trinajstić information content (AvgIpc) is 3.28. The van der Waals surface area contributed by atoms with Crippen LogP contribution in [0.5, 0.6) is 0 Å². The summed E-state index contributed by atoms with van der Waals surface area (Å²) in [6.45, 7) is 9.24. The lowest BCUT2D eigenvalue weighted by Gasteiger charge is -2.43. The van der Waals surface area contributed by atoms with Crippen molar-refractivity contribution in [2.24, 2.45) is 0 Å². The lowest BCUT2D eigenvalue weighted by Crippen LogP contribution is -2.55. The van der Waals surface area contributed by atoms with Crippen LogP contribution in [0.1, 0.15) is 51.1 Å². The van der Waals surface area contributed by atoms with Crippen LogP contribution in [0.2, 0.25) is 0 Å². The van der Waals surface area contributed by atoms with E-state index in [2.05, 4.69) is 37.5 Å². The summed E-state index contributed by atoms with van der Waals surface area (Å²) in [5.41, 5.74) is 1.58. The summed E-state index contributed by atoms with van der Waals surface area (Å²) < 4.78 is 9.97. The molecule has 0 radical (unpaired) electrons. The highest BCUT2D eigenvalue weighted by Gasteiger charge is 2.30. The summed E-state index contributed by atoms with van der Waals surface area (Å²) in [7, 11) is 0. The Hall–Kier alpha value is -2.34. The maximum absolute atomic E-state index is 7.86. The molecule has 2 aromatic rings. The van der Waals surface area contributed by atoms with E-state index in [1.165, 1.54) is 30.6 Å². The second kappa shape index (κ2) is 11.8. The van der Waals surface area contributed by atoms with Crippen molar-refractivity contribution in [2.75, 3.05) is 43.5 Å². The number of hydrogen-bond donors (Lipinski definition) is 5. The molecule has 1 atom stereocenters. The first kappa shape index (κ1) is 25.3. The molecule has 1 aliphatic carbocycles. The summed E-state index contributed by atoms with van der Waals surface area (Å²) in [6, 6.07) is 2.04. The first-order valence-electron chi connectivity index (χ1n) is 13.3. The van der Waals surface area contributed by atoms with E-state index in [9.17, 15) is 0 Å². The van der Waals surface area contributed by atoms with Gasteiger partial charge in [-0.1, -0.05) is 0 Å². The number of piperazine rings is 1. The Labute approximate surface area is 217 Å². The van der Waals surface area contributed by atoms with Crippen LogP contribution in [0.25, 0.3) is 10.2 Å². The molecule has 3 fully saturated rings. The van der Waals surface area contributed by atoms with Crippen LogP contribution in [0.15, 0.2) is 11.9 Å². The molecule has 196 valence electrons. The normalized spacial score (nSPS) is 26.6. The molecule has 2 saturated heterocycles. The van der Waals surface area contributed by atoms with Crippen molar-refractivity contribution in [2.45, 2.75) is 76.5 Å². The predicted molar refractivity (Wildman–Crippen MR) is 146 cm³/mol. The van der Waals surface area contributed by atoms with Gasteiger partial charge in [0.1, 0.15) is 5.82 Å². The molecule has 0 bridgehead atoms. The number of anilines is 2. The maximum atomic E-state index is 7.86. The largest absolute Gasteiger partial charge is 0.386 e. The number of aromatic nitrogens is 3. The van der Waals surface area contributed by atoms with E-state index in [1.807, 2.05) is 13.1 Å². The van der Waals surface area contributed by atoms with E-state index in [0.717, 1.165) is 80.3 Å². The monoisotopic (exact) mass is 513 g/mol. The average molecular weight is 514 g/mol. The van der Waals surface area contributed by atoms with Crippen molar-refractivity contribution in [3.63, 3.8) is 0 Å². The van der Waals surface area contributed by atoms with Gasteiger partial charge >= 0.3 is 0 Å². The summed E-state index contributed by atoms with van der Waals surface area (Å²) in [4.78, 5) is 13.1. The number of rotatable bonds is 8. The Morgan fingerprint density at radius 3 is 2.69 bits per heavy atom. The quantitative estimate of drug-likeness (QED) is 0.339. The lowest BCUT2D eigenvalue weighted by molar-refractivity contribution is 0.0812. The summed E-state index contributed by atoms with van der Waals surface area (Å²) in [5.74, 6) is 1.33. The van der Waals surface area contributed by atoms with E-state index in [-0.39, 0.29) is 0 Å². The minimum atomic E-state index is 0.361. The Morgan fingerprint density at radius 2 is 1.94 bits per heavy atom. The third-order valence-corrected chi connectivity index (χ3v) is 8.51. The van der Waals surface area contributed by atoms with E-state index < -0.39 is 0 Å². The van der Waals surface area contributed by atoms with Gasteiger partial charge in [-0.25, -0.2) is 0 Å². The van der Waals surface area contributed by atoms with E-state index in [4.69, 9.17) is 20.1 Å². The molecule has 1 unspecified atom stereocenters. The Bertz CT molecular complexity index is 1060. The van der Waals surface area contributed by atoms with Crippen LogP contribution in [0, 0.1) is 12.3 Å². The van der Waals surface area contributed by atoms with Crippen LogP contribution in [-0.2, 0) is 4.74 Å². The van der Waals surface area contributed by atoms with Crippen LogP contribution < -0.4 is 21.3 Å². The standard InChI is InChI=1S/C25H39N9OS/c1-16-14-27-9-10-34(16)21-5-3-19(4-6-21)29-23-22-17(2)33-36-24(22)32-25(31-23)30-20(13-26)15-28-18-7-11-35-12-8-18/h13,15-16,18-19,21,26-28H,3-12,14H2,1-2H3,(H2,29,30,31,32)/b20-15+,26-13?/t16?,19-,21-. The summed E-state index contributed by atoms with van der Waals surface area (Å²) in [6.07, 6.45) is 9.76. The van der Waals surface area contributed by atoms with Crippen LogP contribution in [0.4, 0.5) is 11.8 Å². The van der Waals surface area contributed by atoms with E-state index >= 15 is 0 Å². The molecule has 0 amide bonds. The van der Waals surface area contributed by atoms with Gasteiger partial charge in [-0.2, -0.15) is 14.3 Å². The molecule has 2 aromatic heterocycles. The molecule has 5 rings (SSSR count). The van der Waals surface area contributed by atoms with Gasteiger partial charge in [0.2, 0.25) is 5.95 Å². The number of nitrogens with zero attached hydrogens (tertiary/aromatic N) is 4. The van der Waals surface area contributed by atoms with Gasteiger partial charge in [0.25, 0.3) is 0 Å². The first-order chi connectivity index (χ1) is 17.6. The van der Waals surface area contributed by atoms with Gasteiger partial charge in [0.15, 0.2) is 4.83 Å². The SMILES string of the molecule is Cc1nsc2nc(N/C(C=N)=C/NC3CCOCC3)nc(N[C@H]3CC[C@H](N4CCNCC4C)CC3)c12. The van der Waals surface area contributed by atoms with Crippen molar-refractivity contribution in [3.05, 3.63) is 17.6 Å². The molecule has 0 aromatic carbocycles. The number of ether oxygens (including phenoxy) is 1. The molecule has 11 heteroatoms. The van der Waals surface area contributed by atoms with Crippen LogP contribution in [0.3, 0.4) is 0 Å². The van der Waals surface area contributed by atoms with Gasteiger partial charge in [0, 0.05) is 69.4 Å².